The largest absolute Gasteiger partial charge is 0.318 e. The molecule has 7 nitrogen and oxygen atoms in total. The number of likely N-dealkylation sites (N-methyl/N-ethyl adjacent to an activating group) is 1. The van der Waals surface area contributed by atoms with Crippen molar-refractivity contribution in [1.29, 1.82) is 0 Å². The van der Waals surface area contributed by atoms with Crippen molar-refractivity contribution < 1.29 is 0 Å². The number of halogens is 1. The number of rotatable bonds is 6. The molecule has 0 saturated heterocycles. The summed E-state index contributed by atoms with van der Waals surface area (Å²) in [4.78, 5) is 0. The average Bonchev–Trinajstić information content (AvgIpc) is 2.92. The molecule has 19 heavy (non-hydrogen) atoms. The van der Waals surface area contributed by atoms with E-state index in [0.29, 0.717) is 10.8 Å². The van der Waals surface area contributed by atoms with E-state index in [-0.39, 0.29) is 0 Å². The lowest BCUT2D eigenvalue weighted by atomic mass is 10.4. The molecule has 2 heterocycles. The smallest absolute Gasteiger partial charge is 0.209 e. The minimum absolute atomic E-state index is 0.691. The van der Waals surface area contributed by atoms with Gasteiger partial charge < -0.3 is 5.32 Å². The lowest BCUT2D eigenvalue weighted by molar-refractivity contribution is 0.530. The summed E-state index contributed by atoms with van der Waals surface area (Å²) in [6.45, 7) is 3.46. The number of hydrogen-bond donors (Lipinski definition) is 1. The number of nitrogens with zero attached hydrogens (tertiary/aromatic N) is 6. The molecular formula is C10H16ClN7S. The molecule has 9 heteroatoms. The van der Waals surface area contributed by atoms with Gasteiger partial charge in [0.1, 0.15) is 0 Å². The Morgan fingerprint density at radius 3 is 2.84 bits per heavy atom. The highest BCUT2D eigenvalue weighted by molar-refractivity contribution is 7.98. The number of tetrazole rings is 1. The van der Waals surface area contributed by atoms with Crippen molar-refractivity contribution in [3.8, 4) is 0 Å². The zero-order chi connectivity index (χ0) is 13.8. The molecule has 1 N–H and O–H groups in total. The van der Waals surface area contributed by atoms with Crippen LogP contribution in [0.3, 0.4) is 0 Å². The third kappa shape index (κ3) is 3.26. The van der Waals surface area contributed by atoms with E-state index in [1.165, 1.54) is 0 Å². The third-order valence-electron chi connectivity index (χ3n) is 2.67. The SMILES string of the molecule is CNCCn1nnnc1SCc1c(Cl)c(C)nn1C. The van der Waals surface area contributed by atoms with Crippen LogP contribution in [-0.4, -0.2) is 43.6 Å². The Bertz CT molecular complexity index is 550. The minimum atomic E-state index is 0.691. The van der Waals surface area contributed by atoms with Crippen molar-refractivity contribution >= 4 is 23.4 Å². The molecular weight excluding hydrogens is 286 g/mol. The second-order valence-corrected chi connectivity index (χ2v) is 5.37. The molecule has 0 atom stereocenters. The summed E-state index contributed by atoms with van der Waals surface area (Å²) in [5.74, 6) is 0.691. The topological polar surface area (TPSA) is 73.5 Å². The fraction of sp³-hybridized carbons (Fsp3) is 0.600. The number of thioether (sulfide) groups is 1. The Morgan fingerprint density at radius 2 is 2.21 bits per heavy atom. The molecule has 0 bridgehead atoms. The van der Waals surface area contributed by atoms with Crippen LogP contribution in [0.1, 0.15) is 11.4 Å². The van der Waals surface area contributed by atoms with Crippen LogP contribution in [0.5, 0.6) is 0 Å². The Labute approximate surface area is 120 Å². The highest BCUT2D eigenvalue weighted by atomic mass is 35.5. The van der Waals surface area contributed by atoms with E-state index in [4.69, 9.17) is 11.6 Å². The summed E-state index contributed by atoms with van der Waals surface area (Å²) in [5, 5.41) is 20.5. The van der Waals surface area contributed by atoms with Crippen molar-refractivity contribution in [3.63, 3.8) is 0 Å². The van der Waals surface area contributed by atoms with E-state index >= 15 is 0 Å². The molecule has 0 aliphatic rings. The van der Waals surface area contributed by atoms with E-state index in [2.05, 4.69) is 25.9 Å². The van der Waals surface area contributed by atoms with Crippen LogP contribution >= 0.6 is 23.4 Å². The molecule has 0 aliphatic carbocycles. The fourth-order valence-electron chi connectivity index (χ4n) is 1.63. The molecule has 2 aromatic rings. The molecule has 2 aromatic heterocycles. The average molecular weight is 302 g/mol. The standard InChI is InChI=1S/C10H16ClN7S/c1-7-9(11)8(17(3)14-7)6-19-10-13-15-16-18(10)5-4-12-2/h12H,4-6H2,1-3H3. The Hall–Kier alpha value is -1.12. The predicted octanol–water partition coefficient (Wildman–Crippen LogP) is 0.880. The molecule has 0 fully saturated rings. The molecule has 0 aliphatic heterocycles. The lowest BCUT2D eigenvalue weighted by Crippen LogP contribution is -2.16. The van der Waals surface area contributed by atoms with Gasteiger partial charge in [0.25, 0.3) is 0 Å². The summed E-state index contributed by atoms with van der Waals surface area (Å²) < 4.78 is 3.57. The van der Waals surface area contributed by atoms with Gasteiger partial charge in [-0.3, -0.25) is 4.68 Å². The summed E-state index contributed by atoms with van der Waals surface area (Å²) >= 11 is 7.77. The monoisotopic (exact) mass is 301 g/mol. The van der Waals surface area contributed by atoms with E-state index in [1.54, 1.807) is 21.1 Å². The summed E-state index contributed by atoms with van der Waals surface area (Å²) in [7, 11) is 3.79. The quantitative estimate of drug-likeness (QED) is 0.799. The molecule has 0 amide bonds. The van der Waals surface area contributed by atoms with Gasteiger partial charge in [-0.05, 0) is 24.4 Å². The first-order chi connectivity index (χ1) is 9.13. The highest BCUT2D eigenvalue weighted by Crippen LogP contribution is 2.26. The minimum Gasteiger partial charge on any atom is -0.318 e. The molecule has 0 aromatic carbocycles. The highest BCUT2D eigenvalue weighted by Gasteiger charge is 2.13. The van der Waals surface area contributed by atoms with Crippen LogP contribution in [0.2, 0.25) is 5.02 Å². The van der Waals surface area contributed by atoms with Gasteiger partial charge in [0, 0.05) is 19.3 Å². The maximum Gasteiger partial charge on any atom is 0.209 e. The number of nitrogens with one attached hydrogen (secondary N) is 1. The maximum absolute atomic E-state index is 6.21. The molecule has 0 saturated carbocycles. The number of aryl methyl sites for hydroxylation is 2. The molecule has 104 valence electrons. The zero-order valence-electron chi connectivity index (χ0n) is 11.1. The van der Waals surface area contributed by atoms with E-state index in [9.17, 15) is 0 Å². The Kier molecular flexibility index (Phi) is 4.78. The maximum atomic E-state index is 6.21. The fourth-order valence-corrected chi connectivity index (χ4v) is 2.90. The van der Waals surface area contributed by atoms with Crippen LogP contribution in [0.15, 0.2) is 5.16 Å². The van der Waals surface area contributed by atoms with Gasteiger partial charge in [-0.1, -0.05) is 23.4 Å². The van der Waals surface area contributed by atoms with Crippen LogP contribution in [0.4, 0.5) is 0 Å². The molecule has 2 rings (SSSR count). The first-order valence-corrected chi connectivity index (χ1v) is 7.21. The van der Waals surface area contributed by atoms with Gasteiger partial charge in [-0.25, -0.2) is 4.68 Å². The van der Waals surface area contributed by atoms with Crippen molar-refractivity contribution in [2.24, 2.45) is 7.05 Å². The van der Waals surface area contributed by atoms with E-state index < -0.39 is 0 Å². The van der Waals surface area contributed by atoms with Crippen molar-refractivity contribution in [1.82, 2.24) is 35.3 Å². The second-order valence-electron chi connectivity index (χ2n) is 4.05. The van der Waals surface area contributed by atoms with Crippen molar-refractivity contribution in [2.45, 2.75) is 24.4 Å². The van der Waals surface area contributed by atoms with Crippen LogP contribution in [0.25, 0.3) is 0 Å². The lowest BCUT2D eigenvalue weighted by Gasteiger charge is -2.04. The van der Waals surface area contributed by atoms with E-state index in [0.717, 1.165) is 29.6 Å². The summed E-state index contributed by atoms with van der Waals surface area (Å²) in [6.07, 6.45) is 0. The molecule has 0 unspecified atom stereocenters. The van der Waals surface area contributed by atoms with Gasteiger partial charge in [-0.15, -0.1) is 5.10 Å². The molecule has 0 radical (unpaired) electrons. The van der Waals surface area contributed by atoms with Gasteiger partial charge in [-0.2, -0.15) is 5.10 Å². The molecule has 0 spiro atoms. The Morgan fingerprint density at radius 1 is 1.42 bits per heavy atom. The zero-order valence-corrected chi connectivity index (χ0v) is 12.7. The van der Waals surface area contributed by atoms with Crippen LogP contribution in [0, 0.1) is 6.92 Å². The summed E-state index contributed by atoms with van der Waals surface area (Å²) in [6, 6.07) is 0. The summed E-state index contributed by atoms with van der Waals surface area (Å²) in [5.41, 5.74) is 1.82. The number of hydrogen-bond acceptors (Lipinski definition) is 6. The normalized spacial score (nSPS) is 11.2. The van der Waals surface area contributed by atoms with Crippen LogP contribution < -0.4 is 5.32 Å². The van der Waals surface area contributed by atoms with Crippen molar-refractivity contribution in [2.75, 3.05) is 13.6 Å². The van der Waals surface area contributed by atoms with Gasteiger partial charge >= 0.3 is 0 Å². The van der Waals surface area contributed by atoms with Gasteiger partial charge in [0.15, 0.2) is 0 Å². The third-order valence-corrected chi connectivity index (χ3v) is 4.13. The van der Waals surface area contributed by atoms with E-state index in [1.807, 2.05) is 21.0 Å². The van der Waals surface area contributed by atoms with Gasteiger partial charge in [0.05, 0.1) is 23.0 Å². The second kappa shape index (κ2) is 6.36. The number of aromatic nitrogens is 6. The predicted molar refractivity (Wildman–Crippen MR) is 74.3 cm³/mol. The van der Waals surface area contributed by atoms with Crippen LogP contribution in [-0.2, 0) is 19.3 Å². The van der Waals surface area contributed by atoms with Gasteiger partial charge in [0.2, 0.25) is 5.16 Å². The first kappa shape index (κ1) is 14.3. The van der Waals surface area contributed by atoms with Crippen molar-refractivity contribution in [3.05, 3.63) is 16.4 Å². The first-order valence-electron chi connectivity index (χ1n) is 5.85. The Balaban J connectivity index is 2.04.